The number of nitrogens with one attached hydrogen (secondary N) is 1. The fourth-order valence-electron chi connectivity index (χ4n) is 3.92. The van der Waals surface area contributed by atoms with Crippen LogP contribution in [0.2, 0.25) is 0 Å². The third-order valence-electron chi connectivity index (χ3n) is 5.52. The summed E-state index contributed by atoms with van der Waals surface area (Å²) in [6.45, 7) is 5.78. The van der Waals surface area contributed by atoms with Crippen molar-refractivity contribution in [1.29, 1.82) is 0 Å². The van der Waals surface area contributed by atoms with Gasteiger partial charge >= 0.3 is 5.97 Å². The third kappa shape index (κ3) is 4.34. The molecule has 0 amide bonds. The predicted octanol–water partition coefficient (Wildman–Crippen LogP) is 1.31. The Kier molecular flexibility index (Phi) is 5.87. The van der Waals surface area contributed by atoms with Crippen LogP contribution in [0.25, 0.3) is 0 Å². The van der Waals surface area contributed by atoms with Crippen LogP contribution in [-0.4, -0.2) is 59.0 Å². The van der Waals surface area contributed by atoms with E-state index in [0.717, 1.165) is 57.9 Å². The highest BCUT2D eigenvalue weighted by atomic mass is 16.6. The monoisotopic (exact) mass is 385 g/mol. The van der Waals surface area contributed by atoms with Gasteiger partial charge in [0.2, 0.25) is 0 Å². The Morgan fingerprint density at radius 3 is 2.71 bits per heavy atom. The van der Waals surface area contributed by atoms with Crippen LogP contribution < -0.4 is 10.1 Å². The number of carbonyl (C=O) groups excluding carboxylic acids is 1. The summed E-state index contributed by atoms with van der Waals surface area (Å²) >= 11 is 0. The second-order valence-electron chi connectivity index (χ2n) is 7.36. The van der Waals surface area contributed by atoms with Crippen molar-refractivity contribution in [3.05, 3.63) is 41.5 Å². The van der Waals surface area contributed by atoms with Gasteiger partial charge in [-0.3, -0.25) is 4.90 Å². The molecule has 3 heterocycles. The number of likely N-dealkylation sites (tertiary alicyclic amines) is 1. The molecular formula is C20H27N5O3. The van der Waals surface area contributed by atoms with E-state index in [-0.39, 0.29) is 12.6 Å². The molecule has 2 aliphatic rings. The van der Waals surface area contributed by atoms with Gasteiger partial charge in [-0.15, -0.1) is 10.2 Å². The first-order valence-electron chi connectivity index (χ1n) is 9.86. The zero-order valence-electron chi connectivity index (χ0n) is 16.3. The largest absolute Gasteiger partial charge is 0.482 e. The lowest BCUT2D eigenvalue weighted by molar-refractivity contribution is -0.142. The lowest BCUT2D eigenvalue weighted by Crippen LogP contribution is -2.34. The molecule has 1 aromatic carbocycles. The van der Waals surface area contributed by atoms with Crippen molar-refractivity contribution in [3.8, 4) is 5.75 Å². The number of benzene rings is 1. The molecule has 0 atom stereocenters. The summed E-state index contributed by atoms with van der Waals surface area (Å²) in [5.41, 5.74) is 1.25. The summed E-state index contributed by atoms with van der Waals surface area (Å²) in [5, 5.41) is 12.2. The van der Waals surface area contributed by atoms with Crippen molar-refractivity contribution in [2.75, 3.05) is 33.4 Å². The maximum atomic E-state index is 11.1. The van der Waals surface area contributed by atoms with Crippen LogP contribution in [0.3, 0.4) is 0 Å². The predicted molar refractivity (Wildman–Crippen MR) is 103 cm³/mol. The van der Waals surface area contributed by atoms with E-state index in [1.807, 2.05) is 12.1 Å². The van der Waals surface area contributed by atoms with E-state index in [4.69, 9.17) is 4.74 Å². The smallest absolute Gasteiger partial charge is 0.343 e. The Morgan fingerprint density at radius 1 is 1.18 bits per heavy atom. The van der Waals surface area contributed by atoms with Crippen molar-refractivity contribution in [1.82, 2.24) is 25.0 Å². The molecule has 0 radical (unpaired) electrons. The first kappa shape index (κ1) is 18.9. The van der Waals surface area contributed by atoms with Gasteiger partial charge in [0.25, 0.3) is 0 Å². The van der Waals surface area contributed by atoms with Crippen molar-refractivity contribution < 1.29 is 14.3 Å². The Bertz CT molecular complexity index is 797. The Labute approximate surface area is 164 Å². The Morgan fingerprint density at radius 2 is 1.96 bits per heavy atom. The van der Waals surface area contributed by atoms with E-state index >= 15 is 0 Å². The third-order valence-corrected chi connectivity index (χ3v) is 5.52. The minimum atomic E-state index is -0.378. The number of ether oxygens (including phenoxy) is 2. The summed E-state index contributed by atoms with van der Waals surface area (Å²) < 4.78 is 12.3. The minimum Gasteiger partial charge on any atom is -0.482 e. The maximum absolute atomic E-state index is 11.1. The van der Waals surface area contributed by atoms with Gasteiger partial charge in [-0.25, -0.2) is 4.79 Å². The highest BCUT2D eigenvalue weighted by Gasteiger charge is 2.26. The van der Waals surface area contributed by atoms with Crippen molar-refractivity contribution in [2.45, 2.75) is 38.4 Å². The molecule has 0 spiro atoms. The molecule has 1 fully saturated rings. The molecular weight excluding hydrogens is 358 g/mol. The van der Waals surface area contributed by atoms with Gasteiger partial charge in [-0.05, 0) is 43.6 Å². The van der Waals surface area contributed by atoms with E-state index in [1.165, 1.54) is 18.5 Å². The summed E-state index contributed by atoms with van der Waals surface area (Å²) in [6.07, 6.45) is 2.23. The first-order valence-corrected chi connectivity index (χ1v) is 9.86. The van der Waals surface area contributed by atoms with Crippen molar-refractivity contribution >= 4 is 5.97 Å². The van der Waals surface area contributed by atoms with Crippen molar-refractivity contribution in [3.63, 3.8) is 0 Å². The molecule has 0 bridgehead atoms. The number of rotatable bonds is 6. The maximum Gasteiger partial charge on any atom is 0.343 e. The van der Waals surface area contributed by atoms with E-state index in [2.05, 4.69) is 41.9 Å². The number of carbonyl (C=O) groups is 1. The summed E-state index contributed by atoms with van der Waals surface area (Å²) in [5.74, 6) is 3.04. The van der Waals surface area contributed by atoms with Crippen LogP contribution in [0.5, 0.6) is 5.75 Å². The minimum absolute atomic E-state index is 0.0637. The van der Waals surface area contributed by atoms with Crippen LogP contribution >= 0.6 is 0 Å². The number of hydrogen-bond donors (Lipinski definition) is 1. The van der Waals surface area contributed by atoms with E-state index in [0.29, 0.717) is 11.7 Å². The SMILES string of the molecule is COC(=O)COc1ccc(CN2CCC(c3nnc4n3CCNC4)CC2)cc1. The van der Waals surface area contributed by atoms with E-state index in [1.54, 1.807) is 0 Å². The molecule has 150 valence electrons. The number of methoxy groups -OCH3 is 1. The second-order valence-corrected chi connectivity index (χ2v) is 7.36. The first-order chi connectivity index (χ1) is 13.7. The van der Waals surface area contributed by atoms with Gasteiger partial charge in [0.05, 0.1) is 13.7 Å². The molecule has 28 heavy (non-hydrogen) atoms. The zero-order valence-corrected chi connectivity index (χ0v) is 16.3. The highest BCUT2D eigenvalue weighted by molar-refractivity contribution is 5.70. The van der Waals surface area contributed by atoms with Crippen LogP contribution in [-0.2, 0) is 29.2 Å². The number of hydrogen-bond acceptors (Lipinski definition) is 7. The summed E-state index contributed by atoms with van der Waals surface area (Å²) in [7, 11) is 1.35. The molecule has 2 aliphatic heterocycles. The van der Waals surface area contributed by atoms with Gasteiger partial charge in [0.15, 0.2) is 6.61 Å². The average Bonchev–Trinajstić information content (AvgIpc) is 3.18. The topological polar surface area (TPSA) is 81.5 Å². The van der Waals surface area contributed by atoms with Crippen LogP contribution in [0.1, 0.15) is 36.0 Å². The molecule has 0 unspecified atom stereocenters. The van der Waals surface area contributed by atoms with Crippen molar-refractivity contribution in [2.24, 2.45) is 0 Å². The molecule has 1 aromatic heterocycles. The molecule has 0 aliphatic carbocycles. The quantitative estimate of drug-likeness (QED) is 0.751. The van der Waals surface area contributed by atoms with Gasteiger partial charge in [0, 0.05) is 25.6 Å². The molecule has 4 rings (SSSR count). The molecule has 8 nitrogen and oxygen atoms in total. The molecule has 2 aromatic rings. The average molecular weight is 385 g/mol. The van der Waals surface area contributed by atoms with E-state index < -0.39 is 0 Å². The highest BCUT2D eigenvalue weighted by Crippen LogP contribution is 2.28. The summed E-state index contributed by atoms with van der Waals surface area (Å²) in [6, 6.07) is 7.92. The number of aromatic nitrogens is 3. The van der Waals surface area contributed by atoms with Gasteiger partial charge in [-0.1, -0.05) is 12.1 Å². The van der Waals surface area contributed by atoms with Gasteiger partial charge < -0.3 is 19.4 Å². The molecule has 0 saturated carbocycles. The number of fused-ring (bicyclic) bond motifs is 1. The molecule has 8 heteroatoms. The molecule has 1 saturated heterocycles. The molecule has 1 N–H and O–H groups in total. The normalized spacial score (nSPS) is 17.9. The number of nitrogens with zero attached hydrogens (tertiary/aromatic N) is 4. The van der Waals surface area contributed by atoms with Gasteiger partial charge in [0.1, 0.15) is 17.4 Å². The fourth-order valence-corrected chi connectivity index (χ4v) is 3.92. The fraction of sp³-hybridized carbons (Fsp3) is 0.550. The number of esters is 1. The lowest BCUT2D eigenvalue weighted by atomic mass is 9.95. The summed E-state index contributed by atoms with van der Waals surface area (Å²) in [4.78, 5) is 13.6. The van der Waals surface area contributed by atoms with E-state index in [9.17, 15) is 4.79 Å². The standard InChI is InChI=1S/C20H27N5O3/c1-27-19(26)14-28-17-4-2-15(3-5-17)13-24-9-6-16(7-10-24)20-23-22-18-12-21-8-11-25(18)20/h2-5,16,21H,6-14H2,1H3. The van der Waals surface area contributed by atoms with Crippen LogP contribution in [0.15, 0.2) is 24.3 Å². The Balaban J connectivity index is 1.27. The number of piperidine rings is 1. The second kappa shape index (κ2) is 8.70. The van der Waals surface area contributed by atoms with Crippen LogP contribution in [0, 0.1) is 0 Å². The zero-order chi connectivity index (χ0) is 19.3. The Hall–Kier alpha value is -2.45. The van der Waals surface area contributed by atoms with Crippen LogP contribution in [0.4, 0.5) is 0 Å². The lowest BCUT2D eigenvalue weighted by Gasteiger charge is -2.32. The van der Waals surface area contributed by atoms with Gasteiger partial charge in [-0.2, -0.15) is 0 Å².